The molecular formula is C11H10Br2N4O. The molecule has 0 aliphatic carbocycles. The van der Waals surface area contributed by atoms with Gasteiger partial charge in [0.2, 0.25) is 0 Å². The highest BCUT2D eigenvalue weighted by atomic mass is 79.9. The van der Waals surface area contributed by atoms with E-state index in [1.165, 1.54) is 6.33 Å². The van der Waals surface area contributed by atoms with Gasteiger partial charge in [-0.05, 0) is 44.0 Å². The van der Waals surface area contributed by atoms with E-state index >= 15 is 0 Å². The molecule has 1 aromatic carbocycles. The van der Waals surface area contributed by atoms with Crippen LogP contribution in [0.15, 0.2) is 33.5 Å². The summed E-state index contributed by atoms with van der Waals surface area (Å²) in [6, 6.07) is 5.60. The number of benzene rings is 1. The first-order valence-corrected chi connectivity index (χ1v) is 6.57. The van der Waals surface area contributed by atoms with Gasteiger partial charge in [-0.3, -0.25) is 0 Å². The van der Waals surface area contributed by atoms with Crippen LogP contribution in [0.1, 0.15) is 0 Å². The van der Waals surface area contributed by atoms with Gasteiger partial charge in [0.15, 0.2) is 0 Å². The number of hydrogen-bond donors (Lipinski definition) is 2. The summed E-state index contributed by atoms with van der Waals surface area (Å²) >= 11 is 6.79. The summed E-state index contributed by atoms with van der Waals surface area (Å²) in [5, 5.41) is 3.15. The Hall–Kier alpha value is -1.34. The van der Waals surface area contributed by atoms with Crippen LogP contribution in [0.3, 0.4) is 0 Å². The van der Waals surface area contributed by atoms with E-state index in [9.17, 15) is 0 Å². The Kier molecular flexibility index (Phi) is 4.03. The molecule has 0 saturated heterocycles. The molecule has 0 saturated carbocycles. The molecule has 7 heteroatoms. The lowest BCUT2D eigenvalue weighted by Crippen LogP contribution is -2.00. The highest BCUT2D eigenvalue weighted by Crippen LogP contribution is 2.32. The quantitative estimate of drug-likeness (QED) is 0.863. The first-order valence-electron chi connectivity index (χ1n) is 4.98. The number of hydrogen-bond acceptors (Lipinski definition) is 5. The lowest BCUT2D eigenvalue weighted by Gasteiger charge is -2.11. The lowest BCUT2D eigenvalue weighted by molar-refractivity contribution is 0.415. The molecule has 0 spiro atoms. The third-order valence-electron chi connectivity index (χ3n) is 2.24. The molecule has 5 nitrogen and oxygen atoms in total. The number of nitrogens with zero attached hydrogens (tertiary/aromatic N) is 2. The predicted molar refractivity (Wildman–Crippen MR) is 78.1 cm³/mol. The number of nitrogens with two attached hydrogens (primary N) is 1. The molecule has 0 fully saturated rings. The number of nitrogens with one attached hydrogen (secondary N) is 1. The highest BCUT2D eigenvalue weighted by Gasteiger charge is 2.08. The summed E-state index contributed by atoms with van der Waals surface area (Å²) < 4.78 is 6.69. The van der Waals surface area contributed by atoms with Crippen molar-refractivity contribution in [2.75, 3.05) is 18.2 Å². The number of rotatable bonds is 3. The van der Waals surface area contributed by atoms with Crippen LogP contribution in [-0.4, -0.2) is 17.1 Å². The lowest BCUT2D eigenvalue weighted by atomic mass is 10.3. The monoisotopic (exact) mass is 372 g/mol. The van der Waals surface area contributed by atoms with Crippen molar-refractivity contribution in [2.24, 2.45) is 0 Å². The second-order valence-corrected chi connectivity index (χ2v) is 5.04. The minimum absolute atomic E-state index is 0.381. The normalized spacial score (nSPS) is 10.2. The standard InChI is InChI=1S/C11H10Br2N4O/c1-18-6-2-3-7(12)8(4-6)17-11-9(13)10(14)15-5-16-11/h2-5H,1H3,(H3,14,15,16,17). The summed E-state index contributed by atoms with van der Waals surface area (Å²) in [7, 11) is 1.62. The second-order valence-electron chi connectivity index (χ2n) is 3.39. The van der Waals surface area contributed by atoms with Crippen LogP contribution in [0, 0.1) is 0 Å². The zero-order valence-electron chi connectivity index (χ0n) is 9.45. The molecule has 0 amide bonds. The average Bonchev–Trinajstić information content (AvgIpc) is 2.37. The average molecular weight is 374 g/mol. The molecule has 2 aromatic rings. The molecular weight excluding hydrogens is 364 g/mol. The molecule has 18 heavy (non-hydrogen) atoms. The van der Waals surface area contributed by atoms with E-state index in [4.69, 9.17) is 10.5 Å². The number of aromatic nitrogens is 2. The van der Waals surface area contributed by atoms with Crippen molar-refractivity contribution < 1.29 is 4.74 Å². The molecule has 94 valence electrons. The third kappa shape index (κ3) is 2.73. The molecule has 3 N–H and O–H groups in total. The van der Waals surface area contributed by atoms with Crippen LogP contribution in [0.4, 0.5) is 17.3 Å². The van der Waals surface area contributed by atoms with Gasteiger partial charge in [-0.1, -0.05) is 0 Å². The van der Waals surface area contributed by atoms with Crippen molar-refractivity contribution >= 4 is 49.2 Å². The van der Waals surface area contributed by atoms with E-state index in [1.807, 2.05) is 18.2 Å². The van der Waals surface area contributed by atoms with Crippen molar-refractivity contribution in [2.45, 2.75) is 0 Å². The molecule has 0 bridgehead atoms. The minimum Gasteiger partial charge on any atom is -0.497 e. The molecule has 0 radical (unpaired) electrons. The maximum Gasteiger partial charge on any atom is 0.150 e. The molecule has 2 rings (SSSR count). The van der Waals surface area contributed by atoms with E-state index in [0.717, 1.165) is 15.9 Å². The fourth-order valence-corrected chi connectivity index (χ4v) is 1.97. The van der Waals surface area contributed by atoms with Crippen LogP contribution in [0.2, 0.25) is 0 Å². The zero-order valence-corrected chi connectivity index (χ0v) is 12.6. The van der Waals surface area contributed by atoms with Gasteiger partial charge in [0.05, 0.1) is 12.8 Å². The van der Waals surface area contributed by atoms with Crippen molar-refractivity contribution in [3.8, 4) is 5.75 Å². The number of methoxy groups -OCH3 is 1. The van der Waals surface area contributed by atoms with Crippen molar-refractivity contribution in [1.29, 1.82) is 0 Å². The number of ether oxygens (including phenoxy) is 1. The first kappa shape index (κ1) is 13.1. The summed E-state index contributed by atoms with van der Waals surface area (Å²) in [5.41, 5.74) is 6.52. The maximum absolute atomic E-state index is 5.69. The first-order chi connectivity index (χ1) is 8.61. The van der Waals surface area contributed by atoms with Crippen molar-refractivity contribution in [3.63, 3.8) is 0 Å². The molecule has 0 unspecified atom stereocenters. The topological polar surface area (TPSA) is 73.1 Å². The summed E-state index contributed by atoms with van der Waals surface area (Å²) in [5.74, 6) is 1.72. The van der Waals surface area contributed by atoms with Crippen LogP contribution in [0.5, 0.6) is 5.75 Å². The van der Waals surface area contributed by atoms with Crippen molar-refractivity contribution in [3.05, 3.63) is 33.5 Å². The van der Waals surface area contributed by atoms with E-state index in [-0.39, 0.29) is 0 Å². The van der Waals surface area contributed by atoms with Gasteiger partial charge in [0, 0.05) is 10.5 Å². The van der Waals surface area contributed by atoms with E-state index in [1.54, 1.807) is 7.11 Å². The van der Waals surface area contributed by atoms with Gasteiger partial charge in [-0.15, -0.1) is 0 Å². The summed E-state index contributed by atoms with van der Waals surface area (Å²) in [6.45, 7) is 0. The van der Waals surface area contributed by atoms with Crippen molar-refractivity contribution in [1.82, 2.24) is 9.97 Å². The Labute approximate surface area is 121 Å². The Morgan fingerprint density at radius 3 is 2.78 bits per heavy atom. The van der Waals surface area contributed by atoms with E-state index in [2.05, 4.69) is 47.1 Å². The largest absolute Gasteiger partial charge is 0.497 e. The SMILES string of the molecule is COc1ccc(Br)c(Nc2ncnc(N)c2Br)c1. The molecule has 0 aliphatic rings. The fraction of sp³-hybridized carbons (Fsp3) is 0.0909. The number of anilines is 3. The Morgan fingerprint density at radius 2 is 2.06 bits per heavy atom. The van der Waals surface area contributed by atoms with Gasteiger partial charge < -0.3 is 15.8 Å². The van der Waals surface area contributed by atoms with E-state index < -0.39 is 0 Å². The van der Waals surface area contributed by atoms with Crippen LogP contribution < -0.4 is 15.8 Å². The van der Waals surface area contributed by atoms with Crippen LogP contribution in [0.25, 0.3) is 0 Å². The smallest absolute Gasteiger partial charge is 0.150 e. The molecule has 0 atom stereocenters. The number of halogens is 2. The van der Waals surface area contributed by atoms with Gasteiger partial charge in [0.1, 0.15) is 28.2 Å². The van der Waals surface area contributed by atoms with Gasteiger partial charge >= 0.3 is 0 Å². The third-order valence-corrected chi connectivity index (χ3v) is 3.72. The second kappa shape index (κ2) is 5.53. The zero-order chi connectivity index (χ0) is 13.1. The molecule has 1 aromatic heterocycles. The molecule has 0 aliphatic heterocycles. The summed E-state index contributed by atoms with van der Waals surface area (Å²) in [4.78, 5) is 8.00. The van der Waals surface area contributed by atoms with Gasteiger partial charge in [-0.25, -0.2) is 9.97 Å². The highest BCUT2D eigenvalue weighted by molar-refractivity contribution is 9.11. The van der Waals surface area contributed by atoms with E-state index in [0.29, 0.717) is 16.1 Å². The predicted octanol–water partition coefficient (Wildman–Crippen LogP) is 3.34. The van der Waals surface area contributed by atoms with Gasteiger partial charge in [-0.2, -0.15) is 0 Å². The maximum atomic E-state index is 5.69. The van der Waals surface area contributed by atoms with Crippen LogP contribution in [-0.2, 0) is 0 Å². The number of nitrogen functional groups attached to an aromatic ring is 1. The Balaban J connectivity index is 2.36. The minimum atomic E-state index is 0.381. The Morgan fingerprint density at radius 1 is 1.28 bits per heavy atom. The van der Waals surface area contributed by atoms with Crippen LogP contribution >= 0.6 is 31.9 Å². The molecule has 1 heterocycles. The van der Waals surface area contributed by atoms with Gasteiger partial charge in [0.25, 0.3) is 0 Å². The summed E-state index contributed by atoms with van der Waals surface area (Å²) in [6.07, 6.45) is 1.40. The Bertz CT molecular complexity index is 577. The fourth-order valence-electron chi connectivity index (χ4n) is 1.33.